The third kappa shape index (κ3) is 2.37. The number of rotatable bonds is 1. The molecule has 0 aliphatic rings. The maximum Gasteiger partial charge on any atom is 0.417 e. The zero-order valence-corrected chi connectivity index (χ0v) is 7.71. The van der Waals surface area contributed by atoms with Gasteiger partial charge >= 0.3 is 12.4 Å². The molecule has 0 aliphatic carbocycles. The van der Waals surface area contributed by atoms with Crippen molar-refractivity contribution in [3.05, 3.63) is 41.5 Å². The first kappa shape index (κ1) is 12.6. The molecule has 1 aromatic rings. The van der Waals surface area contributed by atoms with Crippen LogP contribution in [0.5, 0.6) is 0 Å². The van der Waals surface area contributed by atoms with Crippen LogP contribution >= 0.6 is 0 Å². The number of alkyl halides is 6. The first-order valence-electron chi connectivity index (χ1n) is 3.99. The van der Waals surface area contributed by atoms with Gasteiger partial charge in [-0.25, -0.2) is 0 Å². The van der Waals surface area contributed by atoms with E-state index in [9.17, 15) is 26.3 Å². The summed E-state index contributed by atoms with van der Waals surface area (Å²) in [4.78, 5) is 0. The highest BCUT2D eigenvalue weighted by Gasteiger charge is 2.39. The predicted molar refractivity (Wildman–Crippen MR) is 45.4 cm³/mol. The Labute approximate surface area is 87.2 Å². The maximum absolute atomic E-state index is 12.4. The number of halogens is 6. The molecule has 1 aromatic carbocycles. The molecule has 0 saturated heterocycles. The maximum atomic E-state index is 12.4. The van der Waals surface area contributed by atoms with Gasteiger partial charge in [-0.2, -0.15) is 26.3 Å². The standard InChI is InChI=1S/C10H5F6/c1-2-6-7(9(11,12)13)4-3-5-8(6)10(14,15)16/h2,4-5H,1H2. The second kappa shape index (κ2) is 3.84. The second-order valence-electron chi connectivity index (χ2n) is 2.90. The third-order valence-corrected chi connectivity index (χ3v) is 1.85. The van der Waals surface area contributed by atoms with Crippen molar-refractivity contribution >= 4 is 6.08 Å². The molecule has 0 saturated carbocycles. The van der Waals surface area contributed by atoms with Gasteiger partial charge in [0.2, 0.25) is 0 Å². The normalized spacial score (nSPS) is 12.6. The lowest BCUT2D eigenvalue weighted by atomic mass is 10.0. The molecule has 0 nitrogen and oxygen atoms in total. The van der Waals surface area contributed by atoms with Crippen molar-refractivity contribution in [2.75, 3.05) is 0 Å². The van der Waals surface area contributed by atoms with E-state index in [1.165, 1.54) is 0 Å². The van der Waals surface area contributed by atoms with Crippen molar-refractivity contribution in [2.45, 2.75) is 12.4 Å². The van der Waals surface area contributed by atoms with Crippen LogP contribution in [0.25, 0.3) is 6.08 Å². The van der Waals surface area contributed by atoms with Crippen LogP contribution in [0.2, 0.25) is 0 Å². The molecule has 0 aromatic heterocycles. The van der Waals surface area contributed by atoms with E-state index in [4.69, 9.17) is 0 Å². The monoisotopic (exact) mass is 239 g/mol. The van der Waals surface area contributed by atoms with Crippen LogP contribution < -0.4 is 0 Å². The molecule has 0 unspecified atom stereocenters. The fraction of sp³-hybridized carbons (Fsp3) is 0.200. The quantitative estimate of drug-likeness (QED) is 0.645. The summed E-state index contributed by atoms with van der Waals surface area (Å²) < 4.78 is 74.2. The molecule has 87 valence electrons. The average molecular weight is 239 g/mol. The molecule has 16 heavy (non-hydrogen) atoms. The van der Waals surface area contributed by atoms with Crippen molar-refractivity contribution in [1.29, 1.82) is 0 Å². The lowest BCUT2D eigenvalue weighted by Gasteiger charge is -2.15. The number of hydrogen-bond acceptors (Lipinski definition) is 0. The number of hydrogen-bond donors (Lipinski definition) is 0. The Morgan fingerprint density at radius 3 is 1.56 bits per heavy atom. The minimum atomic E-state index is -4.86. The Hall–Kier alpha value is -1.46. The van der Waals surface area contributed by atoms with E-state index in [1.807, 2.05) is 6.07 Å². The van der Waals surface area contributed by atoms with Gasteiger partial charge in [-0.15, -0.1) is 0 Å². The van der Waals surface area contributed by atoms with Crippen molar-refractivity contribution in [3.8, 4) is 0 Å². The number of benzene rings is 1. The van der Waals surface area contributed by atoms with Gasteiger partial charge < -0.3 is 0 Å². The van der Waals surface area contributed by atoms with E-state index in [0.717, 1.165) is 0 Å². The van der Waals surface area contributed by atoms with Gasteiger partial charge in [0.25, 0.3) is 0 Å². The Morgan fingerprint density at radius 1 is 0.938 bits per heavy atom. The van der Waals surface area contributed by atoms with Crippen LogP contribution in [0.1, 0.15) is 16.7 Å². The summed E-state index contributed by atoms with van der Waals surface area (Å²) in [5.74, 6) is 0. The van der Waals surface area contributed by atoms with Gasteiger partial charge in [0.1, 0.15) is 0 Å². The second-order valence-corrected chi connectivity index (χ2v) is 2.90. The van der Waals surface area contributed by atoms with E-state index in [1.54, 1.807) is 0 Å². The smallest absolute Gasteiger partial charge is 0.166 e. The van der Waals surface area contributed by atoms with Crippen molar-refractivity contribution in [3.63, 3.8) is 0 Å². The molecule has 1 radical (unpaired) electrons. The van der Waals surface area contributed by atoms with E-state index in [2.05, 4.69) is 6.58 Å². The fourth-order valence-electron chi connectivity index (χ4n) is 1.20. The molecule has 0 N–H and O–H groups in total. The first-order valence-corrected chi connectivity index (χ1v) is 3.99. The Bertz CT molecular complexity index is 367. The summed E-state index contributed by atoms with van der Waals surface area (Å²) in [5, 5.41) is 0. The van der Waals surface area contributed by atoms with Gasteiger partial charge in [-0.1, -0.05) is 12.7 Å². The van der Waals surface area contributed by atoms with E-state index in [-0.39, 0.29) is 0 Å². The topological polar surface area (TPSA) is 0 Å². The Kier molecular flexibility index (Phi) is 3.03. The zero-order chi connectivity index (χ0) is 12.6. The van der Waals surface area contributed by atoms with Gasteiger partial charge in [0, 0.05) is 0 Å². The van der Waals surface area contributed by atoms with Gasteiger partial charge in [-0.3, -0.25) is 0 Å². The van der Waals surface area contributed by atoms with Crippen molar-refractivity contribution in [1.82, 2.24) is 0 Å². The third-order valence-electron chi connectivity index (χ3n) is 1.85. The van der Waals surface area contributed by atoms with Crippen molar-refractivity contribution in [2.24, 2.45) is 0 Å². The summed E-state index contributed by atoms with van der Waals surface area (Å²) in [6.07, 6.45) is -9.18. The van der Waals surface area contributed by atoms with Crippen LogP contribution in [0.15, 0.2) is 18.7 Å². The van der Waals surface area contributed by atoms with Crippen LogP contribution in [0, 0.1) is 6.07 Å². The lowest BCUT2D eigenvalue weighted by molar-refractivity contribution is -0.143. The molecule has 0 fully saturated rings. The molecule has 0 amide bonds. The summed E-state index contributed by atoms with van der Waals surface area (Å²) in [6.45, 7) is 2.97. The van der Waals surface area contributed by atoms with Crippen LogP contribution in [-0.2, 0) is 12.4 Å². The molecule has 1 rings (SSSR count). The van der Waals surface area contributed by atoms with E-state index < -0.39 is 29.0 Å². The van der Waals surface area contributed by atoms with Crippen LogP contribution in [0.4, 0.5) is 26.3 Å². The highest BCUT2D eigenvalue weighted by molar-refractivity contribution is 5.58. The largest absolute Gasteiger partial charge is 0.417 e. The molecular weight excluding hydrogens is 234 g/mol. The van der Waals surface area contributed by atoms with Crippen LogP contribution in [-0.4, -0.2) is 0 Å². The molecule has 0 heterocycles. The fourth-order valence-corrected chi connectivity index (χ4v) is 1.20. The van der Waals surface area contributed by atoms with Crippen LogP contribution in [0.3, 0.4) is 0 Å². The molecule has 0 spiro atoms. The summed E-state index contributed by atoms with van der Waals surface area (Å²) >= 11 is 0. The SMILES string of the molecule is C=Cc1c(C(F)(F)F)c[c]cc1C(F)(F)F. The van der Waals surface area contributed by atoms with E-state index >= 15 is 0 Å². The predicted octanol–water partition coefficient (Wildman–Crippen LogP) is 4.17. The molecule has 0 bridgehead atoms. The first-order chi connectivity index (χ1) is 7.18. The van der Waals surface area contributed by atoms with Gasteiger partial charge in [0.05, 0.1) is 11.1 Å². The summed E-state index contributed by atoms with van der Waals surface area (Å²) in [7, 11) is 0. The Balaban J connectivity index is 3.51. The lowest BCUT2D eigenvalue weighted by Crippen LogP contribution is -2.14. The molecule has 0 aliphatic heterocycles. The molecule has 6 heteroatoms. The van der Waals surface area contributed by atoms with E-state index in [0.29, 0.717) is 18.2 Å². The highest BCUT2D eigenvalue weighted by Crippen LogP contribution is 2.39. The summed E-state index contributed by atoms with van der Waals surface area (Å²) in [6, 6.07) is 2.76. The minimum absolute atomic E-state index is 0.465. The minimum Gasteiger partial charge on any atom is -0.166 e. The average Bonchev–Trinajstić information content (AvgIpc) is 2.13. The zero-order valence-electron chi connectivity index (χ0n) is 7.71. The van der Waals surface area contributed by atoms with Gasteiger partial charge in [0.15, 0.2) is 0 Å². The Morgan fingerprint density at radius 2 is 1.31 bits per heavy atom. The summed E-state index contributed by atoms with van der Waals surface area (Å²) in [5.41, 5.74) is -3.76. The molecular formula is C10H5F6. The molecule has 0 atom stereocenters. The van der Waals surface area contributed by atoms with Crippen molar-refractivity contribution < 1.29 is 26.3 Å². The highest BCUT2D eigenvalue weighted by atomic mass is 19.4. The van der Waals surface area contributed by atoms with Gasteiger partial charge in [-0.05, 0) is 23.8 Å².